The van der Waals surface area contributed by atoms with Crippen molar-refractivity contribution in [3.05, 3.63) is 182 Å². The molecule has 2 aromatic heterocycles. The number of fused-ring (bicyclic) bond motifs is 8. The highest BCUT2D eigenvalue weighted by Crippen LogP contribution is 2.46. The van der Waals surface area contributed by atoms with E-state index in [1.807, 2.05) is 23.7 Å². The molecule has 0 radical (unpaired) electrons. The molecule has 0 aliphatic heterocycles. The fraction of sp³-hybridized carbons (Fsp3) is 0. The first kappa shape index (κ1) is 28.7. The standard InChI is InChI=1S/C47H30N2S/c1-2-9-31(10-3-1)32-17-22-36(23-18-32)49(43-15-8-16-45-47(43)42-30-48-28-27-44(42)50-45)37-24-19-34(20-25-37)41-29-35-12-5-6-13-38(35)40-26-21-33-11-4-7-14-39(33)46(40)41/h1-30H. The fourth-order valence-electron chi connectivity index (χ4n) is 7.60. The van der Waals surface area contributed by atoms with Crippen LogP contribution in [0.2, 0.25) is 0 Å². The number of hydrogen-bond acceptors (Lipinski definition) is 3. The zero-order chi connectivity index (χ0) is 33.0. The molecule has 3 heteroatoms. The van der Waals surface area contributed by atoms with E-state index in [4.69, 9.17) is 0 Å². The first-order valence-electron chi connectivity index (χ1n) is 16.9. The Labute approximate surface area is 294 Å². The van der Waals surface area contributed by atoms with Crippen LogP contribution in [0.4, 0.5) is 17.1 Å². The average molecular weight is 655 g/mol. The van der Waals surface area contributed by atoms with Gasteiger partial charge in [-0.3, -0.25) is 4.98 Å². The van der Waals surface area contributed by atoms with Crippen molar-refractivity contribution >= 4 is 80.9 Å². The van der Waals surface area contributed by atoms with E-state index in [1.54, 1.807) is 0 Å². The molecule has 0 fully saturated rings. The monoisotopic (exact) mass is 654 g/mol. The van der Waals surface area contributed by atoms with Crippen LogP contribution in [0.3, 0.4) is 0 Å². The van der Waals surface area contributed by atoms with Crippen molar-refractivity contribution in [2.24, 2.45) is 0 Å². The van der Waals surface area contributed by atoms with E-state index in [9.17, 15) is 0 Å². The molecule has 2 nitrogen and oxygen atoms in total. The van der Waals surface area contributed by atoms with Gasteiger partial charge < -0.3 is 4.90 Å². The maximum Gasteiger partial charge on any atom is 0.0555 e. The summed E-state index contributed by atoms with van der Waals surface area (Å²) in [6.45, 7) is 0. The Balaban J connectivity index is 1.17. The predicted octanol–water partition coefficient (Wildman–Crippen LogP) is 13.7. The third kappa shape index (κ3) is 4.67. The molecule has 10 aromatic rings. The minimum Gasteiger partial charge on any atom is -0.310 e. The number of anilines is 3. The van der Waals surface area contributed by atoms with Crippen LogP contribution in [-0.4, -0.2) is 4.98 Å². The van der Waals surface area contributed by atoms with Crippen LogP contribution in [0.25, 0.3) is 74.7 Å². The zero-order valence-corrected chi connectivity index (χ0v) is 27.9. The van der Waals surface area contributed by atoms with Crippen LogP contribution in [0.5, 0.6) is 0 Å². The highest BCUT2D eigenvalue weighted by Gasteiger charge is 2.19. The summed E-state index contributed by atoms with van der Waals surface area (Å²) in [5.74, 6) is 0. The highest BCUT2D eigenvalue weighted by molar-refractivity contribution is 7.25. The average Bonchev–Trinajstić information content (AvgIpc) is 3.58. The van der Waals surface area contributed by atoms with E-state index in [2.05, 4.69) is 180 Å². The molecule has 8 aromatic carbocycles. The van der Waals surface area contributed by atoms with Gasteiger partial charge in [0.2, 0.25) is 0 Å². The Morgan fingerprint density at radius 2 is 1.10 bits per heavy atom. The largest absolute Gasteiger partial charge is 0.310 e. The Hall–Kier alpha value is -6.29. The number of hydrogen-bond donors (Lipinski definition) is 0. The summed E-state index contributed by atoms with van der Waals surface area (Å²) in [5.41, 5.74) is 8.21. The van der Waals surface area contributed by atoms with E-state index < -0.39 is 0 Å². The van der Waals surface area contributed by atoms with E-state index >= 15 is 0 Å². The molecule has 2 heterocycles. The lowest BCUT2D eigenvalue weighted by Gasteiger charge is -2.27. The van der Waals surface area contributed by atoms with E-state index in [0.717, 1.165) is 17.1 Å². The first-order valence-corrected chi connectivity index (χ1v) is 17.8. The molecular formula is C47H30N2S. The lowest BCUT2D eigenvalue weighted by molar-refractivity contribution is 1.30. The van der Waals surface area contributed by atoms with Gasteiger partial charge in [0, 0.05) is 43.9 Å². The van der Waals surface area contributed by atoms with Gasteiger partial charge in [0.25, 0.3) is 0 Å². The van der Waals surface area contributed by atoms with Gasteiger partial charge >= 0.3 is 0 Å². The molecule has 0 unspecified atom stereocenters. The van der Waals surface area contributed by atoms with Gasteiger partial charge in [0.15, 0.2) is 0 Å². The fourth-order valence-corrected chi connectivity index (χ4v) is 8.69. The van der Waals surface area contributed by atoms with Crippen molar-refractivity contribution in [2.75, 3.05) is 4.90 Å². The minimum atomic E-state index is 1.10. The maximum atomic E-state index is 4.53. The molecule has 0 bridgehead atoms. The third-order valence-electron chi connectivity index (χ3n) is 9.93. The normalized spacial score (nSPS) is 11.6. The number of benzene rings is 8. The number of pyridine rings is 1. The van der Waals surface area contributed by atoms with Crippen LogP contribution in [0, 0.1) is 0 Å². The maximum absolute atomic E-state index is 4.53. The van der Waals surface area contributed by atoms with Gasteiger partial charge in [-0.25, -0.2) is 0 Å². The van der Waals surface area contributed by atoms with Gasteiger partial charge in [-0.05, 0) is 103 Å². The highest BCUT2D eigenvalue weighted by atomic mass is 32.1. The minimum absolute atomic E-state index is 1.10. The van der Waals surface area contributed by atoms with Crippen LogP contribution in [0.15, 0.2) is 182 Å². The molecule has 0 aliphatic rings. The van der Waals surface area contributed by atoms with E-state index in [-0.39, 0.29) is 0 Å². The topological polar surface area (TPSA) is 16.1 Å². The molecule has 0 N–H and O–H groups in total. The Kier molecular flexibility index (Phi) is 6.71. The summed E-state index contributed by atoms with van der Waals surface area (Å²) in [4.78, 5) is 6.92. The van der Waals surface area contributed by atoms with Gasteiger partial charge in [-0.2, -0.15) is 0 Å². The van der Waals surface area contributed by atoms with Crippen LogP contribution < -0.4 is 4.90 Å². The van der Waals surface area contributed by atoms with Crippen molar-refractivity contribution in [2.45, 2.75) is 0 Å². The van der Waals surface area contributed by atoms with Crippen molar-refractivity contribution < 1.29 is 0 Å². The molecule has 0 saturated heterocycles. The molecule has 50 heavy (non-hydrogen) atoms. The van der Waals surface area contributed by atoms with Gasteiger partial charge in [-0.15, -0.1) is 11.3 Å². The van der Waals surface area contributed by atoms with Gasteiger partial charge in [-0.1, -0.05) is 121 Å². The third-order valence-corrected chi connectivity index (χ3v) is 11.1. The molecular weight excluding hydrogens is 625 g/mol. The number of aromatic nitrogens is 1. The van der Waals surface area contributed by atoms with Crippen LogP contribution in [0.1, 0.15) is 0 Å². The summed E-state index contributed by atoms with van der Waals surface area (Å²) in [5, 5.41) is 10.0. The molecule has 0 saturated carbocycles. The summed E-state index contributed by atoms with van der Waals surface area (Å²) < 4.78 is 2.50. The van der Waals surface area contributed by atoms with Gasteiger partial charge in [0.05, 0.1) is 5.69 Å². The second-order valence-electron chi connectivity index (χ2n) is 12.8. The molecule has 0 spiro atoms. The number of thiophene rings is 1. The Bertz CT molecular complexity index is 2850. The van der Waals surface area contributed by atoms with E-state index in [0.29, 0.717) is 0 Å². The predicted molar refractivity (Wildman–Crippen MR) is 215 cm³/mol. The molecule has 234 valence electrons. The molecule has 0 amide bonds. The second-order valence-corrected chi connectivity index (χ2v) is 13.9. The quantitative estimate of drug-likeness (QED) is 0.172. The summed E-state index contributed by atoms with van der Waals surface area (Å²) in [7, 11) is 0. The Morgan fingerprint density at radius 1 is 0.420 bits per heavy atom. The lowest BCUT2D eigenvalue weighted by atomic mass is 9.90. The van der Waals surface area contributed by atoms with Crippen molar-refractivity contribution in [3.8, 4) is 22.3 Å². The van der Waals surface area contributed by atoms with Gasteiger partial charge in [0.1, 0.15) is 0 Å². The zero-order valence-electron chi connectivity index (χ0n) is 27.1. The summed E-state index contributed by atoms with van der Waals surface area (Å²) in [6.07, 6.45) is 3.89. The summed E-state index contributed by atoms with van der Waals surface area (Å²) in [6, 6.07) is 61.8. The van der Waals surface area contributed by atoms with Crippen molar-refractivity contribution in [1.29, 1.82) is 0 Å². The molecule has 0 atom stereocenters. The summed E-state index contributed by atoms with van der Waals surface area (Å²) >= 11 is 1.82. The molecule has 0 aliphatic carbocycles. The van der Waals surface area contributed by atoms with Crippen LogP contribution in [-0.2, 0) is 0 Å². The van der Waals surface area contributed by atoms with Crippen molar-refractivity contribution in [1.82, 2.24) is 4.98 Å². The lowest BCUT2D eigenvalue weighted by Crippen LogP contribution is -2.10. The first-order chi connectivity index (χ1) is 24.8. The SMILES string of the molecule is c1ccc(-c2ccc(N(c3ccc(-c4cc5ccccc5c5ccc6ccccc6c45)cc3)c3cccc4sc5ccncc5c34)cc2)cc1. The van der Waals surface area contributed by atoms with Crippen LogP contribution >= 0.6 is 11.3 Å². The second kappa shape index (κ2) is 11.7. The molecule has 10 rings (SSSR count). The number of nitrogens with zero attached hydrogens (tertiary/aromatic N) is 2. The van der Waals surface area contributed by atoms with Crippen molar-refractivity contribution in [3.63, 3.8) is 0 Å². The van der Waals surface area contributed by atoms with E-state index in [1.165, 1.54) is 74.7 Å². The number of rotatable bonds is 5. The smallest absolute Gasteiger partial charge is 0.0555 e. The Morgan fingerprint density at radius 3 is 1.90 bits per heavy atom.